The lowest BCUT2D eigenvalue weighted by Crippen LogP contribution is -2.38. The number of amides is 1. The number of halogens is 1. The van der Waals surface area contributed by atoms with Crippen LogP contribution in [0.15, 0.2) is 12.1 Å². The molecule has 104 valence electrons. The third kappa shape index (κ3) is 2.97. The highest BCUT2D eigenvalue weighted by Gasteiger charge is 2.25. The fraction of sp³-hybridized carbons (Fsp3) is 0.500. The number of nitrogen functional groups attached to an aromatic ring is 1. The van der Waals surface area contributed by atoms with E-state index in [9.17, 15) is 9.18 Å². The van der Waals surface area contributed by atoms with Gasteiger partial charge in [0.15, 0.2) is 17.7 Å². The highest BCUT2D eigenvalue weighted by molar-refractivity contribution is 5.81. The second kappa shape index (κ2) is 5.47. The van der Waals surface area contributed by atoms with Crippen molar-refractivity contribution >= 4 is 11.6 Å². The van der Waals surface area contributed by atoms with Crippen molar-refractivity contribution in [3.8, 4) is 5.75 Å². The summed E-state index contributed by atoms with van der Waals surface area (Å²) in [5.74, 6) is -0.553. The Morgan fingerprint density at radius 2 is 2.05 bits per heavy atom. The summed E-state index contributed by atoms with van der Waals surface area (Å²) >= 11 is 0. The highest BCUT2D eigenvalue weighted by atomic mass is 19.1. The van der Waals surface area contributed by atoms with E-state index in [1.165, 1.54) is 12.1 Å². The monoisotopic (exact) mass is 266 g/mol. The Labute approximate surface area is 112 Å². The molecule has 0 spiro atoms. The first-order chi connectivity index (χ1) is 8.99. The molecule has 0 saturated carbocycles. The maximum absolute atomic E-state index is 13.7. The van der Waals surface area contributed by atoms with Crippen molar-refractivity contribution in [1.82, 2.24) is 4.90 Å². The predicted molar refractivity (Wildman–Crippen MR) is 71.5 cm³/mol. The molecule has 19 heavy (non-hydrogen) atoms. The number of benzene rings is 1. The first kappa shape index (κ1) is 13.6. The van der Waals surface area contributed by atoms with E-state index in [2.05, 4.69) is 0 Å². The maximum atomic E-state index is 13.7. The van der Waals surface area contributed by atoms with E-state index in [1.54, 1.807) is 18.7 Å². The van der Waals surface area contributed by atoms with Gasteiger partial charge in [0.2, 0.25) is 0 Å². The van der Waals surface area contributed by atoms with Gasteiger partial charge in [0.1, 0.15) is 0 Å². The van der Waals surface area contributed by atoms with E-state index in [1.807, 2.05) is 0 Å². The van der Waals surface area contributed by atoms with Crippen LogP contribution in [-0.2, 0) is 4.79 Å². The van der Waals surface area contributed by atoms with Gasteiger partial charge in [-0.1, -0.05) is 0 Å². The normalized spacial score (nSPS) is 16.5. The number of ether oxygens (including phenoxy) is 1. The van der Waals surface area contributed by atoms with Crippen LogP contribution >= 0.6 is 0 Å². The maximum Gasteiger partial charge on any atom is 0.263 e. The van der Waals surface area contributed by atoms with Crippen molar-refractivity contribution in [3.63, 3.8) is 0 Å². The average molecular weight is 266 g/mol. The summed E-state index contributed by atoms with van der Waals surface area (Å²) in [5, 5.41) is 0. The van der Waals surface area contributed by atoms with Gasteiger partial charge in [-0.15, -0.1) is 0 Å². The zero-order valence-corrected chi connectivity index (χ0v) is 11.3. The molecule has 1 unspecified atom stereocenters. The lowest BCUT2D eigenvalue weighted by atomic mass is 10.2. The number of anilines is 1. The average Bonchev–Trinajstić information content (AvgIpc) is 2.88. The Morgan fingerprint density at radius 3 is 2.68 bits per heavy atom. The zero-order chi connectivity index (χ0) is 14.0. The molecule has 1 aliphatic heterocycles. The van der Waals surface area contributed by atoms with E-state index in [0.717, 1.165) is 31.5 Å². The number of hydrogen-bond acceptors (Lipinski definition) is 3. The molecule has 1 aliphatic rings. The minimum Gasteiger partial charge on any atom is -0.478 e. The Bertz CT molecular complexity index is 485. The van der Waals surface area contributed by atoms with Gasteiger partial charge in [0, 0.05) is 24.8 Å². The van der Waals surface area contributed by atoms with Crippen molar-refractivity contribution in [1.29, 1.82) is 0 Å². The summed E-state index contributed by atoms with van der Waals surface area (Å²) in [6, 6.07) is 2.75. The first-order valence-corrected chi connectivity index (χ1v) is 6.50. The first-order valence-electron chi connectivity index (χ1n) is 6.50. The molecule has 1 saturated heterocycles. The number of rotatable bonds is 3. The van der Waals surface area contributed by atoms with Crippen LogP contribution in [0.1, 0.15) is 25.3 Å². The lowest BCUT2D eigenvalue weighted by Gasteiger charge is -2.21. The predicted octanol–water partition coefficient (Wildman–Crippen LogP) is 2.11. The van der Waals surface area contributed by atoms with Gasteiger partial charge in [-0.2, -0.15) is 0 Å². The van der Waals surface area contributed by atoms with Crippen molar-refractivity contribution in [3.05, 3.63) is 23.5 Å². The van der Waals surface area contributed by atoms with Crippen LogP contribution in [-0.4, -0.2) is 30.0 Å². The summed E-state index contributed by atoms with van der Waals surface area (Å²) in [6.45, 7) is 4.94. The Hall–Kier alpha value is -1.78. The molecule has 2 N–H and O–H groups in total. The largest absolute Gasteiger partial charge is 0.478 e. The zero-order valence-electron chi connectivity index (χ0n) is 11.3. The molecule has 0 radical (unpaired) electrons. The molecule has 0 aliphatic carbocycles. The molecule has 5 heteroatoms. The van der Waals surface area contributed by atoms with Gasteiger partial charge >= 0.3 is 0 Å². The summed E-state index contributed by atoms with van der Waals surface area (Å²) in [5.41, 5.74) is 6.72. The summed E-state index contributed by atoms with van der Waals surface area (Å²) < 4.78 is 19.1. The van der Waals surface area contributed by atoms with E-state index in [-0.39, 0.29) is 11.7 Å². The fourth-order valence-corrected chi connectivity index (χ4v) is 2.20. The second-order valence-electron chi connectivity index (χ2n) is 4.93. The molecular weight excluding hydrogens is 247 g/mol. The van der Waals surface area contributed by atoms with E-state index >= 15 is 0 Å². The van der Waals surface area contributed by atoms with Crippen molar-refractivity contribution in [2.75, 3.05) is 18.8 Å². The fourth-order valence-electron chi connectivity index (χ4n) is 2.20. The molecule has 1 amide bonds. The van der Waals surface area contributed by atoms with Crippen LogP contribution in [0.25, 0.3) is 0 Å². The lowest BCUT2D eigenvalue weighted by molar-refractivity contribution is -0.136. The molecule has 0 aromatic heterocycles. The van der Waals surface area contributed by atoms with E-state index in [4.69, 9.17) is 10.5 Å². The third-order valence-electron chi connectivity index (χ3n) is 3.39. The summed E-state index contributed by atoms with van der Waals surface area (Å²) in [4.78, 5) is 13.8. The topological polar surface area (TPSA) is 55.6 Å². The Morgan fingerprint density at radius 1 is 1.42 bits per heavy atom. The van der Waals surface area contributed by atoms with Crippen LogP contribution in [0.5, 0.6) is 5.75 Å². The molecule has 1 heterocycles. The molecule has 1 aromatic rings. The molecule has 2 rings (SSSR count). The van der Waals surface area contributed by atoms with Crippen molar-refractivity contribution in [2.24, 2.45) is 0 Å². The van der Waals surface area contributed by atoms with Crippen LogP contribution in [0, 0.1) is 12.7 Å². The van der Waals surface area contributed by atoms with Gasteiger partial charge in [-0.25, -0.2) is 4.39 Å². The molecule has 1 atom stereocenters. The number of hydrogen-bond donors (Lipinski definition) is 1. The van der Waals surface area contributed by atoms with Crippen molar-refractivity contribution < 1.29 is 13.9 Å². The van der Waals surface area contributed by atoms with Gasteiger partial charge < -0.3 is 15.4 Å². The number of carbonyl (C=O) groups is 1. The number of nitrogens with two attached hydrogens (primary N) is 1. The standard InChI is InChI=1S/C14H19FN2O2/c1-9-7-13(11(15)8-12(9)16)19-10(2)14(18)17-5-3-4-6-17/h7-8,10H,3-6,16H2,1-2H3. The second-order valence-corrected chi connectivity index (χ2v) is 4.93. The summed E-state index contributed by atoms with van der Waals surface area (Å²) in [7, 11) is 0. The van der Waals surface area contributed by atoms with Crippen LogP contribution < -0.4 is 10.5 Å². The van der Waals surface area contributed by atoms with E-state index < -0.39 is 11.9 Å². The van der Waals surface area contributed by atoms with Gasteiger partial charge in [-0.3, -0.25) is 4.79 Å². The van der Waals surface area contributed by atoms with Crippen LogP contribution in [0.4, 0.5) is 10.1 Å². The number of aryl methyl sites for hydroxylation is 1. The smallest absolute Gasteiger partial charge is 0.263 e. The van der Waals surface area contributed by atoms with Crippen LogP contribution in [0.3, 0.4) is 0 Å². The third-order valence-corrected chi connectivity index (χ3v) is 3.39. The Balaban J connectivity index is 2.08. The molecular formula is C14H19FN2O2. The van der Waals surface area contributed by atoms with Gasteiger partial charge in [0.05, 0.1) is 0 Å². The quantitative estimate of drug-likeness (QED) is 0.852. The molecule has 1 fully saturated rings. The minimum atomic E-state index is -0.685. The minimum absolute atomic E-state index is 0.0757. The van der Waals surface area contributed by atoms with Crippen LogP contribution in [0.2, 0.25) is 0 Å². The number of likely N-dealkylation sites (tertiary alicyclic amines) is 1. The molecule has 1 aromatic carbocycles. The molecule has 4 nitrogen and oxygen atoms in total. The van der Waals surface area contributed by atoms with E-state index in [0.29, 0.717) is 5.69 Å². The van der Waals surface area contributed by atoms with Gasteiger partial charge in [-0.05, 0) is 38.3 Å². The summed E-state index contributed by atoms with van der Waals surface area (Å²) in [6.07, 6.45) is 1.36. The number of nitrogens with zero attached hydrogens (tertiary/aromatic N) is 1. The number of carbonyl (C=O) groups excluding carboxylic acids is 1. The Kier molecular flexibility index (Phi) is 3.93. The molecule has 0 bridgehead atoms. The highest BCUT2D eigenvalue weighted by Crippen LogP contribution is 2.25. The van der Waals surface area contributed by atoms with Gasteiger partial charge in [0.25, 0.3) is 5.91 Å². The van der Waals surface area contributed by atoms with Crippen molar-refractivity contribution in [2.45, 2.75) is 32.8 Å². The SMILES string of the molecule is Cc1cc(OC(C)C(=O)N2CCCC2)c(F)cc1N.